The van der Waals surface area contributed by atoms with Gasteiger partial charge in [-0.1, -0.05) is 30.3 Å². The summed E-state index contributed by atoms with van der Waals surface area (Å²) in [6, 6.07) is 11.5. The van der Waals surface area contributed by atoms with Crippen LogP contribution in [0.3, 0.4) is 0 Å². The molecule has 0 atom stereocenters. The number of sulfone groups is 1. The van der Waals surface area contributed by atoms with Crippen LogP contribution in [0.2, 0.25) is 0 Å². The molecule has 0 aliphatic rings. The number of nitrogens with zero attached hydrogens (tertiary/aromatic N) is 1. The highest BCUT2D eigenvalue weighted by atomic mass is 32.2. The van der Waals surface area contributed by atoms with Crippen LogP contribution in [0, 0.1) is 0 Å². The first-order chi connectivity index (χ1) is 10.5. The lowest BCUT2D eigenvalue weighted by Crippen LogP contribution is -2.24. The Morgan fingerprint density at radius 3 is 2.36 bits per heavy atom. The number of rotatable bonds is 6. The molecule has 0 fully saturated rings. The second-order valence-corrected chi connectivity index (χ2v) is 6.83. The first kappa shape index (κ1) is 16.1. The molecule has 0 aliphatic heterocycles. The summed E-state index contributed by atoms with van der Waals surface area (Å²) in [6.45, 7) is -0.0977. The Balaban J connectivity index is 1.96. The van der Waals surface area contributed by atoms with Gasteiger partial charge in [-0.25, -0.2) is 13.4 Å². The van der Waals surface area contributed by atoms with E-state index in [4.69, 9.17) is 5.11 Å². The summed E-state index contributed by atoms with van der Waals surface area (Å²) in [4.78, 5) is 15.7. The SMILES string of the molecule is O=C(CS(=O)(=O)Cc1ccc(CO)cc1)Nc1ccccn1. The lowest BCUT2D eigenvalue weighted by atomic mass is 10.2. The minimum atomic E-state index is -3.58. The lowest BCUT2D eigenvalue weighted by Gasteiger charge is -2.06. The van der Waals surface area contributed by atoms with Gasteiger partial charge in [0.25, 0.3) is 0 Å². The van der Waals surface area contributed by atoms with Crippen LogP contribution in [-0.2, 0) is 27.0 Å². The number of carbonyl (C=O) groups excluding carboxylic acids is 1. The maximum atomic E-state index is 12.0. The van der Waals surface area contributed by atoms with E-state index < -0.39 is 21.5 Å². The van der Waals surface area contributed by atoms with Crippen molar-refractivity contribution in [3.05, 3.63) is 59.8 Å². The zero-order valence-electron chi connectivity index (χ0n) is 11.8. The second kappa shape index (κ2) is 7.15. The minimum Gasteiger partial charge on any atom is -0.392 e. The number of hydrogen-bond donors (Lipinski definition) is 2. The number of aromatic nitrogens is 1. The summed E-state index contributed by atoms with van der Waals surface area (Å²) in [5, 5.41) is 11.4. The van der Waals surface area contributed by atoms with E-state index in [1.54, 1.807) is 42.5 Å². The van der Waals surface area contributed by atoms with Gasteiger partial charge < -0.3 is 10.4 Å². The minimum absolute atomic E-state index is 0.0977. The number of amides is 1. The lowest BCUT2D eigenvalue weighted by molar-refractivity contribution is -0.113. The predicted octanol–water partition coefficient (Wildman–Crippen LogP) is 1.13. The van der Waals surface area contributed by atoms with Crippen molar-refractivity contribution in [2.24, 2.45) is 0 Å². The van der Waals surface area contributed by atoms with Gasteiger partial charge in [0.1, 0.15) is 11.6 Å². The summed E-state index contributed by atoms with van der Waals surface area (Å²) in [6.07, 6.45) is 1.51. The quantitative estimate of drug-likeness (QED) is 0.831. The Kier molecular flexibility index (Phi) is 5.24. The van der Waals surface area contributed by atoms with Gasteiger partial charge in [0, 0.05) is 6.20 Å². The highest BCUT2D eigenvalue weighted by Crippen LogP contribution is 2.10. The fourth-order valence-electron chi connectivity index (χ4n) is 1.86. The Bertz CT molecular complexity index is 728. The maximum absolute atomic E-state index is 12.0. The number of carbonyl (C=O) groups is 1. The highest BCUT2D eigenvalue weighted by molar-refractivity contribution is 7.91. The zero-order valence-corrected chi connectivity index (χ0v) is 12.6. The summed E-state index contributed by atoms with van der Waals surface area (Å²) in [5.74, 6) is -1.14. The molecule has 22 heavy (non-hydrogen) atoms. The molecular weight excluding hydrogens is 304 g/mol. The topological polar surface area (TPSA) is 96.4 Å². The summed E-state index contributed by atoms with van der Waals surface area (Å²) < 4.78 is 24.0. The molecule has 0 saturated carbocycles. The number of hydrogen-bond acceptors (Lipinski definition) is 5. The largest absolute Gasteiger partial charge is 0.392 e. The zero-order chi connectivity index (χ0) is 16.0. The molecule has 6 nitrogen and oxygen atoms in total. The molecule has 0 spiro atoms. The van der Waals surface area contributed by atoms with Crippen LogP contribution in [0.1, 0.15) is 11.1 Å². The molecule has 0 radical (unpaired) electrons. The number of aliphatic hydroxyl groups is 1. The van der Waals surface area contributed by atoms with Crippen LogP contribution in [0.25, 0.3) is 0 Å². The van der Waals surface area contributed by atoms with E-state index in [1.807, 2.05) is 0 Å². The summed E-state index contributed by atoms with van der Waals surface area (Å²) in [7, 11) is -3.58. The van der Waals surface area contributed by atoms with E-state index in [2.05, 4.69) is 10.3 Å². The predicted molar refractivity (Wildman–Crippen MR) is 82.7 cm³/mol. The number of benzene rings is 1. The van der Waals surface area contributed by atoms with Crippen molar-refractivity contribution in [2.45, 2.75) is 12.4 Å². The summed E-state index contributed by atoms with van der Waals surface area (Å²) in [5.41, 5.74) is 1.27. The van der Waals surface area contributed by atoms with Crippen molar-refractivity contribution in [1.82, 2.24) is 4.98 Å². The first-order valence-electron chi connectivity index (χ1n) is 6.58. The maximum Gasteiger partial charge on any atom is 0.240 e. The molecule has 1 aromatic heterocycles. The van der Waals surface area contributed by atoms with Crippen molar-refractivity contribution in [1.29, 1.82) is 0 Å². The number of anilines is 1. The molecule has 2 aromatic rings. The number of pyridine rings is 1. The third-order valence-corrected chi connectivity index (χ3v) is 4.35. The molecule has 1 aromatic carbocycles. The summed E-state index contributed by atoms with van der Waals surface area (Å²) >= 11 is 0. The normalized spacial score (nSPS) is 11.1. The highest BCUT2D eigenvalue weighted by Gasteiger charge is 2.17. The van der Waals surface area contributed by atoms with Crippen LogP contribution >= 0.6 is 0 Å². The average Bonchev–Trinajstić information content (AvgIpc) is 2.48. The molecule has 0 aliphatic carbocycles. The molecule has 0 unspecified atom stereocenters. The van der Waals surface area contributed by atoms with Gasteiger partial charge in [0.05, 0.1) is 12.4 Å². The molecule has 116 valence electrons. The van der Waals surface area contributed by atoms with Gasteiger partial charge in [-0.2, -0.15) is 0 Å². The van der Waals surface area contributed by atoms with Crippen LogP contribution in [-0.4, -0.2) is 30.2 Å². The Hall–Kier alpha value is -2.25. The monoisotopic (exact) mass is 320 g/mol. The molecule has 0 bridgehead atoms. The fraction of sp³-hybridized carbons (Fsp3) is 0.200. The number of aliphatic hydroxyl groups excluding tert-OH is 1. The average molecular weight is 320 g/mol. The van der Waals surface area contributed by atoms with Crippen molar-refractivity contribution < 1.29 is 18.3 Å². The van der Waals surface area contributed by atoms with Crippen LogP contribution < -0.4 is 5.32 Å². The molecular formula is C15H16N2O4S. The fourth-order valence-corrected chi connectivity index (χ4v) is 3.14. The number of nitrogens with one attached hydrogen (secondary N) is 1. The van der Waals surface area contributed by atoms with E-state index in [1.165, 1.54) is 6.20 Å². The van der Waals surface area contributed by atoms with Crippen LogP contribution in [0.4, 0.5) is 5.82 Å². The van der Waals surface area contributed by atoms with E-state index in [0.29, 0.717) is 16.9 Å². The van der Waals surface area contributed by atoms with E-state index in [-0.39, 0.29) is 12.4 Å². The van der Waals surface area contributed by atoms with Crippen molar-refractivity contribution in [3.63, 3.8) is 0 Å². The van der Waals surface area contributed by atoms with Gasteiger partial charge >= 0.3 is 0 Å². The Labute approximate surface area is 128 Å². The van der Waals surface area contributed by atoms with Gasteiger partial charge in [0.2, 0.25) is 5.91 Å². The third kappa shape index (κ3) is 4.94. The molecule has 7 heteroatoms. The van der Waals surface area contributed by atoms with Crippen molar-refractivity contribution in [3.8, 4) is 0 Å². The second-order valence-electron chi connectivity index (χ2n) is 4.77. The standard InChI is InChI=1S/C15H16N2O4S/c18-9-12-4-6-13(7-5-12)10-22(20,21)11-15(19)17-14-3-1-2-8-16-14/h1-8,18H,9-11H2,(H,16,17,19). The van der Waals surface area contributed by atoms with Gasteiger partial charge in [-0.05, 0) is 23.3 Å². The third-order valence-electron chi connectivity index (χ3n) is 2.88. The molecule has 0 saturated heterocycles. The Morgan fingerprint density at radius 1 is 1.09 bits per heavy atom. The first-order valence-corrected chi connectivity index (χ1v) is 8.40. The molecule has 2 N–H and O–H groups in total. The molecule has 1 amide bonds. The van der Waals surface area contributed by atoms with E-state index >= 15 is 0 Å². The van der Waals surface area contributed by atoms with E-state index in [0.717, 1.165) is 0 Å². The van der Waals surface area contributed by atoms with Crippen molar-refractivity contribution in [2.75, 3.05) is 11.1 Å². The van der Waals surface area contributed by atoms with Crippen LogP contribution in [0.5, 0.6) is 0 Å². The van der Waals surface area contributed by atoms with Gasteiger partial charge in [0.15, 0.2) is 9.84 Å². The molecule has 1 heterocycles. The van der Waals surface area contributed by atoms with Crippen molar-refractivity contribution >= 4 is 21.6 Å². The Morgan fingerprint density at radius 2 is 1.77 bits per heavy atom. The van der Waals surface area contributed by atoms with E-state index in [9.17, 15) is 13.2 Å². The molecule has 2 rings (SSSR count). The smallest absolute Gasteiger partial charge is 0.240 e. The van der Waals surface area contributed by atoms with Gasteiger partial charge in [-0.3, -0.25) is 4.79 Å². The van der Waals surface area contributed by atoms with Gasteiger partial charge in [-0.15, -0.1) is 0 Å². The van der Waals surface area contributed by atoms with Crippen LogP contribution in [0.15, 0.2) is 48.7 Å².